The molecule has 0 aliphatic heterocycles. The van der Waals surface area contributed by atoms with Gasteiger partial charge in [0.2, 0.25) is 0 Å². The summed E-state index contributed by atoms with van der Waals surface area (Å²) in [7, 11) is 0. The van der Waals surface area contributed by atoms with E-state index >= 15 is 0 Å². The van der Waals surface area contributed by atoms with Crippen molar-refractivity contribution >= 4 is 28.6 Å². The van der Waals surface area contributed by atoms with Gasteiger partial charge in [0.05, 0.1) is 24.3 Å². The quantitative estimate of drug-likeness (QED) is 0.222. The maximum absolute atomic E-state index is 9.34. The molecule has 0 amide bonds. The fraction of sp³-hybridized carbons (Fsp3) is 0.500. The van der Waals surface area contributed by atoms with Gasteiger partial charge in [-0.1, -0.05) is 0 Å². The molecule has 9 nitrogen and oxygen atoms in total. The van der Waals surface area contributed by atoms with Gasteiger partial charge in [0.15, 0.2) is 0 Å². The van der Waals surface area contributed by atoms with Crippen LogP contribution in [0.15, 0.2) is 0 Å². The Kier molecular flexibility index (Phi) is 16.6. The van der Waals surface area contributed by atoms with Gasteiger partial charge >= 0.3 is 20.8 Å². The molecule has 0 radical (unpaired) electrons. The monoisotopic (exact) mass is 222 g/mol. The van der Waals surface area contributed by atoms with Gasteiger partial charge in [-0.2, -0.15) is 0 Å². The Balaban J connectivity index is -0.000000147. The molecule has 0 aromatic rings. The molecule has 0 aliphatic carbocycles. The molecule has 0 spiro atoms. The van der Waals surface area contributed by atoms with Crippen molar-refractivity contribution in [2.45, 2.75) is 12.3 Å². The van der Waals surface area contributed by atoms with Gasteiger partial charge in [0, 0.05) is 0 Å². The van der Waals surface area contributed by atoms with Gasteiger partial charge < -0.3 is 42.7 Å². The zero-order valence-corrected chi connectivity index (χ0v) is 8.28. The molecule has 0 rings (SSSR count). The van der Waals surface area contributed by atoms with E-state index in [-0.39, 0.29) is 0 Å². The Labute approximate surface area is 88.4 Å². The average molecular weight is 222 g/mol. The second-order valence-electron chi connectivity index (χ2n) is 1.69. The van der Waals surface area contributed by atoms with Gasteiger partial charge in [-0.25, -0.2) is 0 Å². The normalized spacial score (nSPS) is 8.36. The van der Waals surface area contributed by atoms with E-state index in [0.29, 0.717) is 0 Å². The summed E-state index contributed by atoms with van der Waals surface area (Å²) in [6.45, 7) is 0. The van der Waals surface area contributed by atoms with Crippen LogP contribution in [0.25, 0.3) is 0 Å². The molecule has 80 valence electrons. The summed E-state index contributed by atoms with van der Waals surface area (Å²) >= 11 is 1.42. The van der Waals surface area contributed by atoms with Gasteiger partial charge in [0.25, 0.3) is 0 Å². The summed E-state index contributed by atoms with van der Waals surface area (Å²) in [6, 6.07) is 0. The number of carbonyl (C=O) groups is 2. The molecule has 0 aliphatic rings. The zero-order chi connectivity index (χ0) is 12.3. The molecule has 0 saturated carbocycles. The fourth-order valence-corrected chi connectivity index (χ4v) is 0. The molecule has 0 aromatic carbocycles. The van der Waals surface area contributed by atoms with E-state index in [1.54, 1.807) is 0 Å². The van der Waals surface area contributed by atoms with Crippen molar-refractivity contribution in [3.05, 3.63) is 0 Å². The Morgan fingerprint density at radius 2 is 1.00 bits per heavy atom. The Morgan fingerprint density at radius 3 is 1.00 bits per heavy atom. The first-order valence-corrected chi connectivity index (χ1v) is 3.50. The summed E-state index contributed by atoms with van der Waals surface area (Å²) in [6.07, 6.45) is -2.69. The molecule has 9 N–H and O–H groups in total. The van der Waals surface area contributed by atoms with Crippen LogP contribution < -0.4 is 33.1 Å². The van der Waals surface area contributed by atoms with Crippen LogP contribution in [0.3, 0.4) is 0 Å². The van der Waals surface area contributed by atoms with Crippen LogP contribution in [0, 0.1) is 0 Å². The maximum atomic E-state index is 9.34. The van der Waals surface area contributed by atoms with Crippen molar-refractivity contribution < 1.29 is 24.0 Å². The Bertz CT molecular complexity index is 146. The van der Waals surface area contributed by atoms with E-state index in [2.05, 4.69) is 22.9 Å². The van der Waals surface area contributed by atoms with Crippen molar-refractivity contribution in [3.8, 4) is 0 Å². The van der Waals surface area contributed by atoms with Gasteiger partial charge in [-0.3, -0.25) is 0 Å². The second kappa shape index (κ2) is 12.3. The third-order valence-corrected chi connectivity index (χ3v) is 0.544. The molecule has 10 heteroatoms. The number of hydrogen-bond acceptors (Lipinski definition) is 9. The summed E-state index contributed by atoms with van der Waals surface area (Å²) in [5.74, 6) is -2.87. The first kappa shape index (κ1) is 18.9. The molecule has 0 atom stereocenters. The number of hydrogen-bond donors (Lipinski definition) is 5. The van der Waals surface area contributed by atoms with Gasteiger partial charge in [-0.15, -0.1) is 0 Å². The van der Waals surface area contributed by atoms with Crippen LogP contribution in [0.1, 0.15) is 0 Å². The molecule has 0 saturated heterocycles. The van der Waals surface area contributed by atoms with Crippen LogP contribution >= 0.6 is 0 Å². The third-order valence-electron chi connectivity index (χ3n) is 0.544. The van der Waals surface area contributed by atoms with E-state index in [1.165, 1.54) is 16.6 Å². The van der Waals surface area contributed by atoms with Crippen LogP contribution in [-0.2, 0) is 9.59 Å². The number of nitrogens with two attached hydrogens (primary N) is 4. The van der Waals surface area contributed by atoms with E-state index in [1.807, 2.05) is 0 Å². The fourth-order valence-electron chi connectivity index (χ4n) is 0. The number of carboxylic acid groups (broad SMARTS) is 2. The number of carbonyl (C=O) groups excluding carboxylic acids is 2. The van der Waals surface area contributed by atoms with E-state index in [0.717, 1.165) is 0 Å². The summed E-state index contributed by atoms with van der Waals surface area (Å²) in [5, 5.41) is 18.7. The van der Waals surface area contributed by atoms with Crippen molar-refractivity contribution in [2.24, 2.45) is 22.9 Å². The summed E-state index contributed by atoms with van der Waals surface area (Å²) in [5.41, 5.74) is 18.2. The van der Waals surface area contributed by atoms with Crippen molar-refractivity contribution in [1.29, 1.82) is 0 Å². The zero-order valence-electron chi connectivity index (χ0n) is 7.12. The molecule has 0 unspecified atom stereocenters. The van der Waals surface area contributed by atoms with Crippen molar-refractivity contribution in [2.75, 3.05) is 0 Å². The number of aliphatic carboxylic acids is 2. The first-order chi connectivity index (χ1) is 6.29. The Morgan fingerprint density at radius 1 is 0.929 bits per heavy atom. The topological polar surface area (TPSA) is 205 Å². The molecular weight excluding hydrogens is 211 g/mol. The molecule has 0 heterocycles. The summed E-state index contributed by atoms with van der Waals surface area (Å²) in [4.78, 5) is 18.7. The van der Waals surface area contributed by atoms with Crippen LogP contribution in [0.2, 0.25) is 0 Å². The molecule has 14 heavy (non-hydrogen) atoms. The minimum absolute atomic E-state index is 1.34. The predicted octanol–water partition coefficient (Wildman–Crippen LogP) is -6.98. The summed E-state index contributed by atoms with van der Waals surface area (Å²) < 4.78 is 6.92. The van der Waals surface area contributed by atoms with E-state index < -0.39 is 24.3 Å². The van der Waals surface area contributed by atoms with E-state index in [4.69, 9.17) is 4.16 Å². The van der Waals surface area contributed by atoms with Gasteiger partial charge in [0.1, 0.15) is 0 Å². The third kappa shape index (κ3) is 22.5. The van der Waals surface area contributed by atoms with Gasteiger partial charge in [-0.05, 0) is 0 Å². The van der Waals surface area contributed by atoms with Crippen molar-refractivity contribution in [3.63, 3.8) is 0 Å². The van der Waals surface area contributed by atoms with E-state index in [9.17, 15) is 19.8 Å². The molecular formula is C4H11AlN4O5. The Hall–Kier alpha value is -0.728. The predicted molar refractivity (Wildman–Crippen MR) is 42.3 cm³/mol. The standard InChI is InChI=1S/2C2H6N2O2.Al.H2O/c2*3-1(4)2(5)6;;/h2*1H,3-4H2,(H,5,6);;1H2/q;;+3;/p-3. The van der Waals surface area contributed by atoms with Crippen LogP contribution in [0.4, 0.5) is 0 Å². The molecule has 0 fully saturated rings. The first-order valence-electron chi connectivity index (χ1n) is 2.99. The minimum atomic E-state index is -1.44. The number of rotatable bonds is 2. The number of carboxylic acids is 2. The molecule has 0 bridgehead atoms. The SMILES string of the molecule is NC(N)C(=O)[O-].NC(N)C(=O)[O-].[OH][Al+2]. The molecule has 0 aromatic heterocycles. The van der Waals surface area contributed by atoms with Crippen LogP contribution in [0.5, 0.6) is 0 Å². The second-order valence-corrected chi connectivity index (χ2v) is 1.69. The average Bonchev–Trinajstić information content (AvgIpc) is 2.08. The van der Waals surface area contributed by atoms with Crippen molar-refractivity contribution in [1.82, 2.24) is 0 Å². The van der Waals surface area contributed by atoms with Crippen LogP contribution in [-0.4, -0.2) is 45.1 Å².